The maximum absolute atomic E-state index is 13.8. The van der Waals surface area contributed by atoms with Crippen LogP contribution in [0.15, 0.2) is 23.2 Å². The Bertz CT molecular complexity index is 569. The van der Waals surface area contributed by atoms with Crippen molar-refractivity contribution in [1.29, 1.82) is 5.26 Å². The van der Waals surface area contributed by atoms with Gasteiger partial charge >= 0.3 is 0 Å². The Hall–Kier alpha value is -1.40. The molecule has 0 saturated heterocycles. The zero-order chi connectivity index (χ0) is 17.8. The second-order valence-corrected chi connectivity index (χ2v) is 5.66. The number of rotatable bonds is 9. The quantitative estimate of drug-likeness (QED) is 0.299. The number of aliphatic imine (C=N–C) groups is 1. The molecule has 5 nitrogen and oxygen atoms in total. The fourth-order valence-electron chi connectivity index (χ4n) is 2.45. The summed E-state index contributed by atoms with van der Waals surface area (Å²) in [5.74, 6) is 0.624. The Morgan fingerprint density at radius 3 is 2.68 bits per heavy atom. The van der Waals surface area contributed by atoms with Crippen LogP contribution < -0.4 is 10.6 Å². The van der Waals surface area contributed by atoms with Gasteiger partial charge in [-0.1, -0.05) is 13.3 Å². The van der Waals surface area contributed by atoms with E-state index in [1.54, 1.807) is 0 Å². The van der Waals surface area contributed by atoms with Crippen LogP contribution in [-0.4, -0.2) is 30.8 Å². The van der Waals surface area contributed by atoms with Crippen molar-refractivity contribution in [2.45, 2.75) is 39.7 Å². The van der Waals surface area contributed by atoms with Crippen molar-refractivity contribution in [3.8, 4) is 6.07 Å². The van der Waals surface area contributed by atoms with Crippen molar-refractivity contribution in [3.05, 3.63) is 35.1 Å². The maximum atomic E-state index is 13.8. The van der Waals surface area contributed by atoms with E-state index >= 15 is 0 Å². The molecule has 0 fully saturated rings. The van der Waals surface area contributed by atoms with Gasteiger partial charge in [0.15, 0.2) is 5.96 Å². The summed E-state index contributed by atoms with van der Waals surface area (Å²) in [5.41, 5.74) is 0.817. The first kappa shape index (κ1) is 23.6. The summed E-state index contributed by atoms with van der Waals surface area (Å²) in [5, 5.41) is 24.4. The zero-order valence-electron chi connectivity index (χ0n) is 14.9. The number of hydrogen-bond acceptors (Lipinski definition) is 3. The molecule has 3 N–H and O–H groups in total. The Kier molecular flexibility index (Phi) is 13.1. The van der Waals surface area contributed by atoms with Crippen LogP contribution in [0, 0.1) is 23.1 Å². The number of aliphatic hydroxyl groups excluding tert-OH is 1. The van der Waals surface area contributed by atoms with E-state index in [4.69, 9.17) is 10.4 Å². The summed E-state index contributed by atoms with van der Waals surface area (Å²) in [7, 11) is 0. The van der Waals surface area contributed by atoms with Crippen molar-refractivity contribution < 1.29 is 9.50 Å². The van der Waals surface area contributed by atoms with Crippen molar-refractivity contribution >= 4 is 29.9 Å². The molecule has 0 saturated carbocycles. The molecule has 140 valence electrons. The molecule has 0 aliphatic rings. The molecule has 0 radical (unpaired) electrons. The SMILES string of the molecule is CCCC(CCO)CNC(=NCc1cc(C#N)ccc1F)NCC.I. The van der Waals surface area contributed by atoms with Gasteiger partial charge in [-0.15, -0.1) is 24.0 Å². The van der Waals surface area contributed by atoms with Crippen molar-refractivity contribution in [2.24, 2.45) is 10.9 Å². The number of hydrogen-bond donors (Lipinski definition) is 3. The van der Waals surface area contributed by atoms with Gasteiger partial charge in [0.25, 0.3) is 0 Å². The third kappa shape index (κ3) is 9.02. The van der Waals surface area contributed by atoms with Crippen LogP contribution in [-0.2, 0) is 6.54 Å². The molecular formula is C18H28FIN4O. The Morgan fingerprint density at radius 2 is 2.08 bits per heavy atom. The van der Waals surface area contributed by atoms with Crippen LogP contribution >= 0.6 is 24.0 Å². The van der Waals surface area contributed by atoms with E-state index in [1.807, 2.05) is 13.0 Å². The van der Waals surface area contributed by atoms with Gasteiger partial charge in [0.2, 0.25) is 0 Å². The molecule has 7 heteroatoms. The molecule has 1 unspecified atom stereocenters. The summed E-state index contributed by atoms with van der Waals surface area (Å²) in [6.07, 6.45) is 2.84. The Labute approximate surface area is 166 Å². The maximum Gasteiger partial charge on any atom is 0.191 e. The minimum atomic E-state index is -0.363. The lowest BCUT2D eigenvalue weighted by Gasteiger charge is -2.18. The highest BCUT2D eigenvalue weighted by molar-refractivity contribution is 14.0. The summed E-state index contributed by atoms with van der Waals surface area (Å²) in [4.78, 5) is 4.39. The standard InChI is InChI=1S/C18H27FN4O.HI/c1-3-5-14(8-9-24)12-22-18(21-4-2)23-13-16-10-15(11-20)6-7-17(16)19;/h6-7,10,14,24H,3-5,8-9,12-13H2,1-2H3,(H2,21,22,23);1H. The molecule has 0 aromatic heterocycles. The predicted molar refractivity (Wildman–Crippen MR) is 109 cm³/mol. The predicted octanol–water partition coefficient (Wildman–Crippen LogP) is 3.17. The lowest BCUT2D eigenvalue weighted by molar-refractivity contribution is 0.251. The summed E-state index contributed by atoms with van der Waals surface area (Å²) < 4.78 is 13.8. The molecule has 0 spiro atoms. The third-order valence-corrected chi connectivity index (χ3v) is 3.72. The van der Waals surface area contributed by atoms with Crippen LogP contribution in [0.2, 0.25) is 0 Å². The van der Waals surface area contributed by atoms with Crippen LogP contribution in [0.3, 0.4) is 0 Å². The highest BCUT2D eigenvalue weighted by Crippen LogP contribution is 2.12. The fourth-order valence-corrected chi connectivity index (χ4v) is 2.45. The van der Waals surface area contributed by atoms with E-state index < -0.39 is 0 Å². The lowest BCUT2D eigenvalue weighted by atomic mass is 10.0. The highest BCUT2D eigenvalue weighted by Gasteiger charge is 2.09. The van der Waals surface area contributed by atoms with Gasteiger partial charge in [-0.3, -0.25) is 0 Å². The van der Waals surface area contributed by atoms with Crippen molar-refractivity contribution in [1.82, 2.24) is 10.6 Å². The van der Waals surface area contributed by atoms with Gasteiger partial charge in [-0.2, -0.15) is 5.26 Å². The minimum absolute atomic E-state index is 0. The second-order valence-electron chi connectivity index (χ2n) is 5.66. The number of nitrogens with one attached hydrogen (secondary N) is 2. The monoisotopic (exact) mass is 462 g/mol. The average molecular weight is 462 g/mol. The summed E-state index contributed by atoms with van der Waals surface area (Å²) in [6, 6.07) is 6.28. The summed E-state index contributed by atoms with van der Waals surface area (Å²) >= 11 is 0. The molecule has 0 heterocycles. The zero-order valence-corrected chi connectivity index (χ0v) is 17.2. The molecule has 0 bridgehead atoms. The van der Waals surface area contributed by atoms with Crippen LogP contribution in [0.4, 0.5) is 4.39 Å². The normalized spacial score (nSPS) is 12.0. The second kappa shape index (κ2) is 13.8. The Balaban J connectivity index is 0.00000576. The number of halogens is 2. The average Bonchev–Trinajstić information content (AvgIpc) is 2.58. The molecule has 1 aromatic rings. The number of guanidine groups is 1. The number of nitrogens with zero attached hydrogens (tertiary/aromatic N) is 2. The van der Waals surface area contributed by atoms with E-state index in [-0.39, 0.29) is 42.9 Å². The van der Waals surface area contributed by atoms with E-state index in [1.165, 1.54) is 18.2 Å². The van der Waals surface area contributed by atoms with Crippen LogP contribution in [0.25, 0.3) is 0 Å². The minimum Gasteiger partial charge on any atom is -0.396 e. The van der Waals surface area contributed by atoms with Gasteiger partial charge in [0, 0.05) is 25.3 Å². The van der Waals surface area contributed by atoms with Crippen molar-refractivity contribution in [2.75, 3.05) is 19.7 Å². The highest BCUT2D eigenvalue weighted by atomic mass is 127. The molecular weight excluding hydrogens is 434 g/mol. The number of benzene rings is 1. The molecule has 0 amide bonds. The first-order chi connectivity index (χ1) is 11.6. The van der Waals surface area contributed by atoms with E-state index in [9.17, 15) is 4.39 Å². The van der Waals surface area contributed by atoms with Gasteiger partial charge in [-0.05, 0) is 43.9 Å². The van der Waals surface area contributed by atoms with Crippen molar-refractivity contribution in [3.63, 3.8) is 0 Å². The molecule has 1 aromatic carbocycles. The largest absolute Gasteiger partial charge is 0.396 e. The fraction of sp³-hybridized carbons (Fsp3) is 0.556. The molecule has 25 heavy (non-hydrogen) atoms. The van der Waals surface area contributed by atoms with E-state index in [2.05, 4.69) is 22.5 Å². The third-order valence-electron chi connectivity index (χ3n) is 3.72. The molecule has 0 aliphatic heterocycles. The van der Waals surface area contributed by atoms with Gasteiger partial charge < -0.3 is 15.7 Å². The molecule has 1 atom stereocenters. The topological polar surface area (TPSA) is 80.4 Å². The van der Waals surface area contributed by atoms with E-state index in [0.29, 0.717) is 36.1 Å². The number of nitriles is 1. The van der Waals surface area contributed by atoms with Crippen LogP contribution in [0.5, 0.6) is 0 Å². The Morgan fingerprint density at radius 1 is 1.32 bits per heavy atom. The summed E-state index contributed by atoms with van der Waals surface area (Å²) in [6.45, 7) is 5.83. The lowest BCUT2D eigenvalue weighted by Crippen LogP contribution is -2.40. The van der Waals surface area contributed by atoms with E-state index in [0.717, 1.165) is 19.3 Å². The first-order valence-electron chi connectivity index (χ1n) is 8.46. The smallest absolute Gasteiger partial charge is 0.191 e. The van der Waals surface area contributed by atoms with Crippen LogP contribution in [0.1, 0.15) is 44.2 Å². The van der Waals surface area contributed by atoms with Gasteiger partial charge in [0.1, 0.15) is 5.82 Å². The molecule has 0 aliphatic carbocycles. The first-order valence-corrected chi connectivity index (χ1v) is 8.46. The van der Waals surface area contributed by atoms with Gasteiger partial charge in [-0.25, -0.2) is 9.38 Å². The molecule has 1 rings (SSSR count). The van der Waals surface area contributed by atoms with Gasteiger partial charge in [0.05, 0.1) is 18.2 Å². The number of aliphatic hydroxyl groups is 1.